The lowest BCUT2D eigenvalue weighted by Gasteiger charge is -2.26. The number of imidazole rings is 1. The van der Waals surface area contributed by atoms with Crippen LogP contribution >= 0.6 is 0 Å². The summed E-state index contributed by atoms with van der Waals surface area (Å²) in [5, 5.41) is 2.80. The van der Waals surface area contributed by atoms with E-state index in [1.54, 1.807) is 42.2 Å². The molecule has 1 amide bonds. The Hall–Kier alpha value is -2.17. The van der Waals surface area contributed by atoms with Gasteiger partial charge >= 0.3 is 0 Å². The van der Waals surface area contributed by atoms with Crippen LogP contribution in [-0.2, 0) is 12.5 Å². The monoisotopic (exact) mass is 275 g/mol. The molecule has 106 valence electrons. The van der Waals surface area contributed by atoms with Gasteiger partial charge in [-0.05, 0) is 11.6 Å². The second kappa shape index (κ2) is 5.45. The van der Waals surface area contributed by atoms with Gasteiger partial charge in [-0.3, -0.25) is 4.79 Å². The third kappa shape index (κ3) is 2.87. The summed E-state index contributed by atoms with van der Waals surface area (Å²) in [4.78, 5) is 16.0. The second-order valence-electron chi connectivity index (χ2n) is 5.41. The van der Waals surface area contributed by atoms with Crippen LogP contribution < -0.4 is 5.32 Å². The summed E-state index contributed by atoms with van der Waals surface area (Å²) in [6.45, 7) is 4.12. The Morgan fingerprint density at radius 3 is 2.70 bits per heavy atom. The van der Waals surface area contributed by atoms with Gasteiger partial charge in [-0.25, -0.2) is 9.37 Å². The van der Waals surface area contributed by atoms with Crippen molar-refractivity contribution >= 4 is 5.91 Å². The Kier molecular flexibility index (Phi) is 3.88. The maximum atomic E-state index is 13.8. The summed E-state index contributed by atoms with van der Waals surface area (Å²) in [5.74, 6) is -0.181. The van der Waals surface area contributed by atoms with Gasteiger partial charge in [0.15, 0.2) is 5.82 Å². The number of hydrogen-bond donors (Lipinski definition) is 1. The Morgan fingerprint density at radius 1 is 1.40 bits per heavy atom. The zero-order valence-corrected chi connectivity index (χ0v) is 11.9. The number of amides is 1. The fraction of sp³-hybridized carbons (Fsp3) is 0.333. The second-order valence-corrected chi connectivity index (χ2v) is 5.41. The minimum Gasteiger partial charge on any atom is -0.348 e. The first-order valence-corrected chi connectivity index (χ1v) is 6.42. The minimum absolute atomic E-state index is 0.260. The summed E-state index contributed by atoms with van der Waals surface area (Å²) < 4.78 is 15.5. The Morgan fingerprint density at radius 2 is 2.10 bits per heavy atom. The molecule has 2 rings (SSSR count). The highest BCUT2D eigenvalue weighted by molar-refractivity contribution is 5.90. The number of hydrogen-bond acceptors (Lipinski definition) is 2. The van der Waals surface area contributed by atoms with Gasteiger partial charge in [-0.2, -0.15) is 0 Å². The van der Waals surface area contributed by atoms with Crippen LogP contribution in [-0.4, -0.2) is 22.0 Å². The van der Waals surface area contributed by atoms with Crippen LogP contribution in [0.2, 0.25) is 0 Å². The van der Waals surface area contributed by atoms with E-state index in [2.05, 4.69) is 10.3 Å². The van der Waals surface area contributed by atoms with Crippen LogP contribution in [0.25, 0.3) is 0 Å². The van der Waals surface area contributed by atoms with E-state index in [4.69, 9.17) is 0 Å². The Labute approximate surface area is 117 Å². The van der Waals surface area contributed by atoms with Crippen molar-refractivity contribution in [3.63, 3.8) is 0 Å². The summed E-state index contributed by atoms with van der Waals surface area (Å²) in [6.07, 6.45) is 3.27. The number of nitrogens with zero attached hydrogens (tertiary/aromatic N) is 2. The molecular formula is C15H18FN3O. The Balaban J connectivity index is 2.08. The van der Waals surface area contributed by atoms with Gasteiger partial charge in [-0.1, -0.05) is 32.0 Å². The minimum atomic E-state index is -0.494. The average molecular weight is 275 g/mol. The first-order valence-electron chi connectivity index (χ1n) is 6.42. The lowest BCUT2D eigenvalue weighted by atomic mass is 9.84. The largest absolute Gasteiger partial charge is 0.348 e. The SMILES string of the molecule is Cn1ccnc1C(=O)NCC(C)(C)c1ccccc1F. The average Bonchev–Trinajstić information content (AvgIpc) is 2.83. The summed E-state index contributed by atoms with van der Waals surface area (Å²) in [7, 11) is 1.75. The van der Waals surface area contributed by atoms with Crippen LogP contribution in [0.4, 0.5) is 4.39 Å². The Bertz CT molecular complexity index is 619. The molecule has 0 fully saturated rings. The highest BCUT2D eigenvalue weighted by atomic mass is 19.1. The van der Waals surface area contributed by atoms with Crippen molar-refractivity contribution in [2.75, 3.05) is 6.54 Å². The number of aromatic nitrogens is 2. The van der Waals surface area contributed by atoms with Crippen molar-refractivity contribution in [3.8, 4) is 0 Å². The number of carbonyl (C=O) groups is 1. The normalized spacial score (nSPS) is 11.4. The van der Waals surface area contributed by atoms with E-state index in [1.807, 2.05) is 13.8 Å². The zero-order valence-electron chi connectivity index (χ0n) is 11.9. The van der Waals surface area contributed by atoms with E-state index in [0.29, 0.717) is 17.9 Å². The van der Waals surface area contributed by atoms with Crippen LogP contribution in [0, 0.1) is 5.82 Å². The molecule has 0 atom stereocenters. The summed E-state index contributed by atoms with van der Waals surface area (Å²) in [6, 6.07) is 6.61. The van der Waals surface area contributed by atoms with Crippen molar-refractivity contribution < 1.29 is 9.18 Å². The van der Waals surface area contributed by atoms with E-state index in [0.717, 1.165) is 0 Å². The topological polar surface area (TPSA) is 46.9 Å². The summed E-state index contributed by atoms with van der Waals surface area (Å²) >= 11 is 0. The van der Waals surface area contributed by atoms with Crippen molar-refractivity contribution in [3.05, 3.63) is 53.9 Å². The molecule has 0 unspecified atom stereocenters. The molecule has 4 nitrogen and oxygen atoms in total. The van der Waals surface area contributed by atoms with E-state index >= 15 is 0 Å². The highest BCUT2D eigenvalue weighted by Gasteiger charge is 2.25. The standard InChI is InChI=1S/C15H18FN3O/c1-15(2,11-6-4-5-7-12(11)16)10-18-14(20)13-17-8-9-19(13)3/h4-9H,10H2,1-3H3,(H,18,20). The molecule has 1 aromatic heterocycles. The van der Waals surface area contributed by atoms with Crippen molar-refractivity contribution in [2.45, 2.75) is 19.3 Å². The lowest BCUT2D eigenvalue weighted by Crippen LogP contribution is -2.38. The van der Waals surface area contributed by atoms with Gasteiger partial charge in [0.2, 0.25) is 0 Å². The molecule has 0 saturated heterocycles. The van der Waals surface area contributed by atoms with Crippen LogP contribution in [0.1, 0.15) is 30.0 Å². The highest BCUT2D eigenvalue weighted by Crippen LogP contribution is 2.24. The number of halogens is 1. The molecule has 1 N–H and O–H groups in total. The third-order valence-corrected chi connectivity index (χ3v) is 3.32. The molecule has 0 aliphatic heterocycles. The molecule has 5 heteroatoms. The maximum Gasteiger partial charge on any atom is 0.287 e. The number of aryl methyl sites for hydroxylation is 1. The fourth-order valence-corrected chi connectivity index (χ4v) is 2.07. The van der Waals surface area contributed by atoms with E-state index in [-0.39, 0.29) is 11.7 Å². The van der Waals surface area contributed by atoms with Crippen molar-refractivity contribution in [1.82, 2.24) is 14.9 Å². The van der Waals surface area contributed by atoms with Crippen molar-refractivity contribution in [2.24, 2.45) is 7.05 Å². The van der Waals surface area contributed by atoms with Gasteiger partial charge in [0.1, 0.15) is 5.82 Å². The predicted octanol–water partition coefficient (Wildman–Crippen LogP) is 2.27. The van der Waals surface area contributed by atoms with E-state index < -0.39 is 5.41 Å². The molecular weight excluding hydrogens is 257 g/mol. The molecule has 0 aliphatic rings. The van der Waals surface area contributed by atoms with E-state index in [1.165, 1.54) is 6.07 Å². The maximum absolute atomic E-state index is 13.8. The molecule has 1 heterocycles. The van der Waals surface area contributed by atoms with Crippen LogP contribution in [0.5, 0.6) is 0 Å². The molecule has 20 heavy (non-hydrogen) atoms. The fourth-order valence-electron chi connectivity index (χ4n) is 2.07. The third-order valence-electron chi connectivity index (χ3n) is 3.32. The first-order chi connectivity index (χ1) is 9.42. The number of carbonyl (C=O) groups excluding carboxylic acids is 1. The van der Waals surface area contributed by atoms with Crippen molar-refractivity contribution in [1.29, 1.82) is 0 Å². The smallest absolute Gasteiger partial charge is 0.287 e. The molecule has 0 saturated carbocycles. The van der Waals surface area contributed by atoms with Crippen LogP contribution in [0.15, 0.2) is 36.7 Å². The molecule has 0 bridgehead atoms. The van der Waals surface area contributed by atoms with E-state index in [9.17, 15) is 9.18 Å². The first kappa shape index (κ1) is 14.2. The molecule has 2 aromatic rings. The number of rotatable bonds is 4. The van der Waals surface area contributed by atoms with Gasteiger partial charge in [0, 0.05) is 31.4 Å². The molecule has 1 aromatic carbocycles. The molecule has 0 aliphatic carbocycles. The molecule has 0 radical (unpaired) electrons. The van der Waals surface area contributed by atoms with Gasteiger partial charge in [0.05, 0.1) is 0 Å². The zero-order chi connectivity index (χ0) is 14.8. The summed E-state index contributed by atoms with van der Waals surface area (Å²) in [5.41, 5.74) is 0.0896. The lowest BCUT2D eigenvalue weighted by molar-refractivity contribution is 0.0932. The van der Waals surface area contributed by atoms with Gasteiger partial charge < -0.3 is 9.88 Å². The van der Waals surface area contributed by atoms with Crippen LogP contribution in [0.3, 0.4) is 0 Å². The number of benzene rings is 1. The molecule has 0 spiro atoms. The predicted molar refractivity (Wildman–Crippen MR) is 75.0 cm³/mol. The van der Waals surface area contributed by atoms with Gasteiger partial charge in [-0.15, -0.1) is 0 Å². The quantitative estimate of drug-likeness (QED) is 0.930. The van der Waals surface area contributed by atoms with Gasteiger partial charge in [0.25, 0.3) is 5.91 Å². The number of nitrogens with one attached hydrogen (secondary N) is 1.